The molecular weight excluding hydrogens is 402 g/mol. The molecule has 0 bridgehead atoms. The van der Waals surface area contributed by atoms with Crippen LogP contribution in [-0.4, -0.2) is 60.9 Å². The summed E-state index contributed by atoms with van der Waals surface area (Å²) in [6.45, 7) is 2.24. The molecule has 7 nitrogen and oxygen atoms in total. The van der Waals surface area contributed by atoms with Crippen LogP contribution in [0.3, 0.4) is 0 Å². The quantitative estimate of drug-likeness (QED) is 0.746. The highest BCUT2D eigenvalue weighted by molar-refractivity contribution is 7.89. The average Bonchev–Trinajstić information content (AvgIpc) is 3.05. The Bertz CT molecular complexity index is 978. The number of carbonyl (C=O) groups excluding carboxylic acids is 1. The Balaban J connectivity index is 1.57. The van der Waals surface area contributed by atoms with Crippen LogP contribution in [0.5, 0.6) is 0 Å². The van der Waals surface area contributed by atoms with Gasteiger partial charge < -0.3 is 14.2 Å². The largest absolute Gasteiger partial charge is 0.379 e. The van der Waals surface area contributed by atoms with Crippen molar-refractivity contribution < 1.29 is 17.9 Å². The van der Waals surface area contributed by atoms with E-state index in [9.17, 15) is 13.2 Å². The summed E-state index contributed by atoms with van der Waals surface area (Å²) in [4.78, 5) is 15.5. The predicted molar refractivity (Wildman–Crippen MR) is 114 cm³/mol. The Labute approximate surface area is 178 Å². The summed E-state index contributed by atoms with van der Waals surface area (Å²) >= 11 is 0. The molecule has 1 aromatic heterocycles. The van der Waals surface area contributed by atoms with Gasteiger partial charge in [0.15, 0.2) is 0 Å². The van der Waals surface area contributed by atoms with Crippen LogP contribution in [0.25, 0.3) is 0 Å². The standard InChI is InChI=1S/C22H29N3O4S/c1-23-12-5-7-20(23)21-6-3-2-4-13-25(21)22(26)18-8-10-19(11-9-18)30(27,28)24-14-16-29-17-15-24/h5,7-12,21H,2-4,6,13-17H2,1H3. The lowest BCUT2D eigenvalue weighted by Gasteiger charge is -2.31. The molecule has 1 aromatic carbocycles. The highest BCUT2D eigenvalue weighted by Gasteiger charge is 2.30. The number of nitrogens with zero attached hydrogens (tertiary/aromatic N) is 3. The number of hydrogen-bond acceptors (Lipinski definition) is 4. The Hall–Kier alpha value is -2.16. The number of rotatable bonds is 4. The molecule has 8 heteroatoms. The number of sulfonamides is 1. The third kappa shape index (κ3) is 4.17. The van der Waals surface area contributed by atoms with Crippen molar-refractivity contribution in [3.8, 4) is 0 Å². The van der Waals surface area contributed by atoms with Crippen molar-refractivity contribution >= 4 is 15.9 Å². The maximum absolute atomic E-state index is 13.4. The van der Waals surface area contributed by atoms with E-state index in [1.165, 1.54) is 4.31 Å². The molecule has 2 aliphatic rings. The van der Waals surface area contributed by atoms with Gasteiger partial charge in [-0.2, -0.15) is 4.31 Å². The second kappa shape index (κ2) is 8.91. The first-order valence-electron chi connectivity index (χ1n) is 10.6. The van der Waals surface area contributed by atoms with Crippen molar-refractivity contribution in [1.82, 2.24) is 13.8 Å². The summed E-state index contributed by atoms with van der Waals surface area (Å²) in [5, 5.41) is 0. The minimum Gasteiger partial charge on any atom is -0.379 e. The highest BCUT2D eigenvalue weighted by Crippen LogP contribution is 2.31. The molecule has 0 N–H and O–H groups in total. The Morgan fingerprint density at radius 2 is 1.73 bits per heavy atom. The Morgan fingerprint density at radius 3 is 2.40 bits per heavy atom. The molecule has 2 fully saturated rings. The number of aromatic nitrogens is 1. The maximum Gasteiger partial charge on any atom is 0.254 e. The van der Waals surface area contributed by atoms with E-state index in [0.717, 1.165) is 31.4 Å². The van der Waals surface area contributed by atoms with E-state index in [1.807, 2.05) is 24.2 Å². The minimum atomic E-state index is -3.56. The lowest BCUT2D eigenvalue weighted by molar-refractivity contribution is 0.0674. The van der Waals surface area contributed by atoms with Gasteiger partial charge in [-0.25, -0.2) is 8.42 Å². The summed E-state index contributed by atoms with van der Waals surface area (Å²) in [6, 6.07) is 10.5. The smallest absolute Gasteiger partial charge is 0.254 e. The minimum absolute atomic E-state index is 0.0387. The second-order valence-corrected chi connectivity index (χ2v) is 9.89. The van der Waals surface area contributed by atoms with Crippen LogP contribution < -0.4 is 0 Å². The topological polar surface area (TPSA) is 71.9 Å². The van der Waals surface area contributed by atoms with Crippen molar-refractivity contribution in [3.63, 3.8) is 0 Å². The van der Waals surface area contributed by atoms with Crippen LogP contribution in [0.4, 0.5) is 0 Å². The van der Waals surface area contributed by atoms with Gasteiger partial charge >= 0.3 is 0 Å². The van der Waals surface area contributed by atoms with Gasteiger partial charge in [0, 0.05) is 44.1 Å². The summed E-state index contributed by atoms with van der Waals surface area (Å²) in [5.74, 6) is -0.0431. The van der Waals surface area contributed by atoms with E-state index in [2.05, 4.69) is 10.6 Å². The van der Waals surface area contributed by atoms with Crippen LogP contribution >= 0.6 is 0 Å². The summed E-state index contributed by atoms with van der Waals surface area (Å²) in [6.07, 6.45) is 6.13. The third-order valence-corrected chi connectivity index (χ3v) is 7.96. The zero-order valence-corrected chi connectivity index (χ0v) is 18.2. The first kappa shape index (κ1) is 21.1. The molecular formula is C22H29N3O4S. The van der Waals surface area contributed by atoms with Crippen LogP contribution in [0.1, 0.15) is 47.8 Å². The van der Waals surface area contributed by atoms with Gasteiger partial charge in [0.25, 0.3) is 5.91 Å². The molecule has 0 saturated carbocycles. The van der Waals surface area contributed by atoms with Crippen molar-refractivity contribution in [2.45, 2.75) is 36.6 Å². The fraction of sp³-hybridized carbons (Fsp3) is 0.500. The number of hydrogen-bond donors (Lipinski definition) is 0. The van der Waals surface area contributed by atoms with Gasteiger partial charge in [0.1, 0.15) is 0 Å². The van der Waals surface area contributed by atoms with E-state index in [0.29, 0.717) is 38.4 Å². The lowest BCUT2D eigenvalue weighted by Crippen LogP contribution is -2.40. The fourth-order valence-corrected chi connectivity index (χ4v) is 5.76. The first-order chi connectivity index (χ1) is 14.5. The first-order valence-corrected chi connectivity index (χ1v) is 12.0. The molecule has 1 amide bonds. The number of amides is 1. The molecule has 3 heterocycles. The van der Waals surface area contributed by atoms with Crippen molar-refractivity contribution in [2.75, 3.05) is 32.8 Å². The van der Waals surface area contributed by atoms with E-state index in [-0.39, 0.29) is 16.8 Å². The van der Waals surface area contributed by atoms with E-state index in [4.69, 9.17) is 4.74 Å². The van der Waals surface area contributed by atoms with Gasteiger partial charge in [0.05, 0.1) is 24.2 Å². The van der Waals surface area contributed by atoms with Crippen LogP contribution in [0.2, 0.25) is 0 Å². The molecule has 1 unspecified atom stereocenters. The zero-order valence-electron chi connectivity index (χ0n) is 17.4. The molecule has 30 heavy (non-hydrogen) atoms. The van der Waals surface area contributed by atoms with E-state index in [1.54, 1.807) is 24.3 Å². The molecule has 1 atom stereocenters. The van der Waals surface area contributed by atoms with E-state index >= 15 is 0 Å². The molecule has 4 rings (SSSR count). The second-order valence-electron chi connectivity index (χ2n) is 7.95. The van der Waals surface area contributed by atoms with Gasteiger partial charge in [-0.15, -0.1) is 0 Å². The summed E-state index contributed by atoms with van der Waals surface area (Å²) < 4.78 is 34.4. The van der Waals surface area contributed by atoms with Gasteiger partial charge in [-0.1, -0.05) is 12.8 Å². The molecule has 0 spiro atoms. The maximum atomic E-state index is 13.4. The van der Waals surface area contributed by atoms with Crippen LogP contribution in [0.15, 0.2) is 47.5 Å². The van der Waals surface area contributed by atoms with Crippen LogP contribution in [0, 0.1) is 0 Å². The molecule has 162 valence electrons. The molecule has 0 radical (unpaired) electrons. The van der Waals surface area contributed by atoms with E-state index < -0.39 is 10.0 Å². The number of carbonyl (C=O) groups is 1. The zero-order chi connectivity index (χ0) is 21.1. The monoisotopic (exact) mass is 431 g/mol. The summed E-state index contributed by atoms with van der Waals surface area (Å²) in [5.41, 5.74) is 1.66. The normalized spacial score (nSPS) is 21.4. The summed E-state index contributed by atoms with van der Waals surface area (Å²) in [7, 11) is -1.55. The van der Waals surface area contributed by atoms with Crippen LogP contribution in [-0.2, 0) is 21.8 Å². The molecule has 2 aliphatic heterocycles. The number of benzene rings is 1. The predicted octanol–water partition coefficient (Wildman–Crippen LogP) is 2.80. The third-order valence-electron chi connectivity index (χ3n) is 6.05. The molecule has 0 aliphatic carbocycles. The Morgan fingerprint density at radius 1 is 1.00 bits per heavy atom. The highest BCUT2D eigenvalue weighted by atomic mass is 32.2. The van der Waals surface area contributed by atoms with Gasteiger partial charge in [-0.05, 0) is 49.2 Å². The molecule has 2 aromatic rings. The van der Waals surface area contributed by atoms with Crippen molar-refractivity contribution in [2.24, 2.45) is 7.05 Å². The van der Waals surface area contributed by atoms with Crippen molar-refractivity contribution in [1.29, 1.82) is 0 Å². The SMILES string of the molecule is Cn1cccc1C1CCCCCN1C(=O)c1ccc(S(=O)(=O)N2CCOCC2)cc1. The number of likely N-dealkylation sites (tertiary alicyclic amines) is 1. The average molecular weight is 432 g/mol. The van der Waals surface area contributed by atoms with Crippen molar-refractivity contribution in [3.05, 3.63) is 53.9 Å². The lowest BCUT2D eigenvalue weighted by atomic mass is 10.1. The fourth-order valence-electron chi connectivity index (χ4n) is 4.35. The number of aryl methyl sites for hydroxylation is 1. The Kier molecular flexibility index (Phi) is 6.26. The van der Waals surface area contributed by atoms with Gasteiger partial charge in [0.2, 0.25) is 10.0 Å². The number of morpholine rings is 1. The molecule has 2 saturated heterocycles. The number of ether oxygens (including phenoxy) is 1. The van der Waals surface area contributed by atoms with Gasteiger partial charge in [-0.3, -0.25) is 4.79 Å².